The highest BCUT2D eigenvalue weighted by Crippen LogP contribution is 2.06. The molecule has 0 saturated carbocycles. The Morgan fingerprint density at radius 1 is 1.44 bits per heavy atom. The van der Waals surface area contributed by atoms with E-state index in [1.54, 1.807) is 13.3 Å². The number of hydrogen-bond donors (Lipinski definition) is 2. The largest absolute Gasteiger partial charge is 0.385 e. The molecule has 0 unspecified atom stereocenters. The van der Waals surface area contributed by atoms with Crippen molar-refractivity contribution in [3.8, 4) is 0 Å². The summed E-state index contributed by atoms with van der Waals surface area (Å²) in [5.74, 6) is 1.50. The lowest BCUT2D eigenvalue weighted by molar-refractivity contribution is 0.197. The van der Waals surface area contributed by atoms with Crippen LogP contribution in [0.25, 0.3) is 0 Å². The molecule has 0 amide bonds. The highest BCUT2D eigenvalue weighted by molar-refractivity contribution is 5.39. The molecule has 5 nitrogen and oxygen atoms in total. The van der Waals surface area contributed by atoms with Gasteiger partial charge in [0, 0.05) is 32.5 Å². The minimum Gasteiger partial charge on any atom is -0.385 e. The predicted molar refractivity (Wildman–Crippen MR) is 65.8 cm³/mol. The Balaban J connectivity index is 2.41. The van der Waals surface area contributed by atoms with Crippen molar-refractivity contribution in [1.82, 2.24) is 9.97 Å². The maximum Gasteiger partial charge on any atom is 0.224 e. The maximum absolute atomic E-state index is 4.96. The summed E-state index contributed by atoms with van der Waals surface area (Å²) in [5, 5.41) is 6.38. The first-order valence-corrected chi connectivity index (χ1v) is 5.54. The number of methoxy groups -OCH3 is 1. The van der Waals surface area contributed by atoms with Crippen LogP contribution in [0.1, 0.15) is 20.3 Å². The molecule has 90 valence electrons. The van der Waals surface area contributed by atoms with E-state index in [9.17, 15) is 0 Å². The van der Waals surface area contributed by atoms with E-state index in [0.29, 0.717) is 12.0 Å². The molecule has 0 fully saturated rings. The smallest absolute Gasteiger partial charge is 0.224 e. The van der Waals surface area contributed by atoms with Gasteiger partial charge in [0.15, 0.2) is 0 Å². The molecule has 0 aliphatic heterocycles. The Morgan fingerprint density at radius 2 is 2.25 bits per heavy atom. The molecule has 0 aromatic carbocycles. The van der Waals surface area contributed by atoms with Crippen molar-refractivity contribution in [1.29, 1.82) is 0 Å². The van der Waals surface area contributed by atoms with Crippen LogP contribution in [-0.4, -0.2) is 36.3 Å². The van der Waals surface area contributed by atoms with E-state index in [4.69, 9.17) is 4.74 Å². The number of nitrogens with one attached hydrogen (secondary N) is 2. The Bertz CT molecular complexity index is 304. The average Bonchev–Trinajstić information content (AvgIpc) is 2.24. The second kappa shape index (κ2) is 7.00. The molecule has 0 saturated heterocycles. The zero-order chi connectivity index (χ0) is 11.8. The van der Waals surface area contributed by atoms with Gasteiger partial charge in [0.05, 0.1) is 0 Å². The number of rotatable bonds is 7. The van der Waals surface area contributed by atoms with E-state index in [0.717, 1.165) is 25.4 Å². The second-order valence-corrected chi connectivity index (χ2v) is 3.84. The number of nitrogens with zero attached hydrogens (tertiary/aromatic N) is 2. The fraction of sp³-hybridized carbons (Fsp3) is 0.636. The number of anilines is 2. The van der Waals surface area contributed by atoms with Crippen molar-refractivity contribution < 1.29 is 4.74 Å². The van der Waals surface area contributed by atoms with Crippen molar-refractivity contribution in [3.63, 3.8) is 0 Å². The summed E-state index contributed by atoms with van der Waals surface area (Å²) in [6.07, 6.45) is 2.69. The molecule has 16 heavy (non-hydrogen) atoms. The monoisotopic (exact) mass is 224 g/mol. The van der Waals surface area contributed by atoms with E-state index in [2.05, 4.69) is 34.4 Å². The molecular formula is C11H20N4O. The van der Waals surface area contributed by atoms with Crippen LogP contribution in [0, 0.1) is 0 Å². The van der Waals surface area contributed by atoms with Gasteiger partial charge in [-0.25, -0.2) is 4.98 Å². The van der Waals surface area contributed by atoms with Gasteiger partial charge in [-0.1, -0.05) is 0 Å². The Hall–Kier alpha value is -1.36. The second-order valence-electron chi connectivity index (χ2n) is 3.84. The van der Waals surface area contributed by atoms with Crippen LogP contribution >= 0.6 is 0 Å². The quantitative estimate of drug-likeness (QED) is 0.691. The molecule has 1 aromatic rings. The minimum atomic E-state index is 0.372. The fourth-order valence-corrected chi connectivity index (χ4v) is 1.24. The highest BCUT2D eigenvalue weighted by Gasteiger charge is 1.99. The molecule has 1 rings (SSSR count). The topological polar surface area (TPSA) is 59.1 Å². The lowest BCUT2D eigenvalue weighted by Crippen LogP contribution is -2.13. The van der Waals surface area contributed by atoms with Crippen molar-refractivity contribution in [2.45, 2.75) is 26.3 Å². The van der Waals surface area contributed by atoms with Crippen molar-refractivity contribution in [2.75, 3.05) is 30.9 Å². The van der Waals surface area contributed by atoms with Crippen LogP contribution in [0.3, 0.4) is 0 Å². The Morgan fingerprint density at radius 3 is 2.94 bits per heavy atom. The van der Waals surface area contributed by atoms with E-state index >= 15 is 0 Å². The normalized spacial score (nSPS) is 10.5. The third kappa shape index (κ3) is 4.93. The van der Waals surface area contributed by atoms with E-state index in [1.165, 1.54) is 0 Å². The first kappa shape index (κ1) is 12.7. The summed E-state index contributed by atoms with van der Waals surface area (Å²) >= 11 is 0. The summed E-state index contributed by atoms with van der Waals surface area (Å²) in [6.45, 7) is 5.72. The van der Waals surface area contributed by atoms with Gasteiger partial charge < -0.3 is 15.4 Å². The molecule has 1 aromatic heterocycles. The van der Waals surface area contributed by atoms with Crippen LogP contribution in [0.15, 0.2) is 12.3 Å². The fourth-order valence-electron chi connectivity index (χ4n) is 1.24. The molecule has 0 atom stereocenters. The highest BCUT2D eigenvalue weighted by atomic mass is 16.5. The van der Waals surface area contributed by atoms with Crippen LogP contribution < -0.4 is 10.6 Å². The van der Waals surface area contributed by atoms with Crippen molar-refractivity contribution in [3.05, 3.63) is 12.3 Å². The average molecular weight is 224 g/mol. The number of hydrogen-bond acceptors (Lipinski definition) is 5. The summed E-state index contributed by atoms with van der Waals surface area (Å²) < 4.78 is 4.96. The molecule has 0 spiro atoms. The lowest BCUT2D eigenvalue weighted by atomic mass is 10.4. The molecule has 5 heteroatoms. The molecule has 0 radical (unpaired) electrons. The first-order valence-electron chi connectivity index (χ1n) is 5.54. The van der Waals surface area contributed by atoms with Gasteiger partial charge >= 0.3 is 0 Å². The zero-order valence-corrected chi connectivity index (χ0v) is 10.2. The molecule has 0 bridgehead atoms. The molecule has 1 heterocycles. The van der Waals surface area contributed by atoms with E-state index < -0.39 is 0 Å². The standard InChI is InChI=1S/C11H20N4O/c1-9(2)14-10-5-7-13-11(15-10)12-6-4-8-16-3/h5,7,9H,4,6,8H2,1-3H3,(H2,12,13,14,15). The van der Waals surface area contributed by atoms with Gasteiger partial charge in [-0.3, -0.25) is 0 Å². The summed E-state index contributed by atoms with van der Waals surface area (Å²) in [6, 6.07) is 2.23. The number of ether oxygens (including phenoxy) is 1. The summed E-state index contributed by atoms with van der Waals surface area (Å²) in [5.41, 5.74) is 0. The Labute approximate surface area is 96.6 Å². The minimum absolute atomic E-state index is 0.372. The molecular weight excluding hydrogens is 204 g/mol. The zero-order valence-electron chi connectivity index (χ0n) is 10.2. The van der Waals surface area contributed by atoms with Crippen LogP contribution in [-0.2, 0) is 4.74 Å². The van der Waals surface area contributed by atoms with E-state index in [-0.39, 0.29) is 0 Å². The van der Waals surface area contributed by atoms with Gasteiger partial charge in [-0.05, 0) is 26.3 Å². The number of aromatic nitrogens is 2. The van der Waals surface area contributed by atoms with Crippen LogP contribution in [0.2, 0.25) is 0 Å². The van der Waals surface area contributed by atoms with Gasteiger partial charge in [0.2, 0.25) is 5.95 Å². The van der Waals surface area contributed by atoms with E-state index in [1.807, 2.05) is 6.07 Å². The van der Waals surface area contributed by atoms with Gasteiger partial charge in [-0.2, -0.15) is 4.98 Å². The van der Waals surface area contributed by atoms with Crippen molar-refractivity contribution >= 4 is 11.8 Å². The van der Waals surface area contributed by atoms with Gasteiger partial charge in [0.1, 0.15) is 5.82 Å². The third-order valence-corrected chi connectivity index (χ3v) is 1.90. The van der Waals surface area contributed by atoms with Crippen LogP contribution in [0.5, 0.6) is 0 Å². The molecule has 2 N–H and O–H groups in total. The molecule has 0 aliphatic carbocycles. The predicted octanol–water partition coefficient (Wildman–Crippen LogP) is 1.75. The summed E-state index contributed by atoms with van der Waals surface area (Å²) in [7, 11) is 1.70. The summed E-state index contributed by atoms with van der Waals surface area (Å²) in [4.78, 5) is 8.48. The molecule has 0 aliphatic rings. The van der Waals surface area contributed by atoms with Gasteiger partial charge in [-0.15, -0.1) is 0 Å². The van der Waals surface area contributed by atoms with Gasteiger partial charge in [0.25, 0.3) is 0 Å². The third-order valence-electron chi connectivity index (χ3n) is 1.90. The maximum atomic E-state index is 4.96. The SMILES string of the molecule is COCCCNc1nccc(NC(C)C)n1. The lowest BCUT2D eigenvalue weighted by Gasteiger charge is -2.10. The van der Waals surface area contributed by atoms with Crippen LogP contribution in [0.4, 0.5) is 11.8 Å². The Kier molecular flexibility index (Phi) is 5.56. The van der Waals surface area contributed by atoms with Crippen molar-refractivity contribution in [2.24, 2.45) is 0 Å². The first-order chi connectivity index (χ1) is 7.72.